The molecule has 0 fully saturated rings. The topological polar surface area (TPSA) is 32.3 Å². The van der Waals surface area contributed by atoms with Crippen molar-refractivity contribution in [1.29, 1.82) is 0 Å². The van der Waals surface area contributed by atoms with Crippen LogP contribution in [0, 0.1) is 0 Å². The van der Waals surface area contributed by atoms with Crippen LogP contribution in [0.2, 0.25) is 0 Å². The van der Waals surface area contributed by atoms with Crippen LogP contribution in [-0.4, -0.2) is 43.5 Å². The minimum atomic E-state index is 0.137. The number of carbonyl (C=O) groups excluding carboxylic acids is 1. The Balaban J connectivity index is 2.33. The van der Waals surface area contributed by atoms with Crippen molar-refractivity contribution in [2.45, 2.75) is 19.3 Å². The van der Waals surface area contributed by atoms with E-state index in [9.17, 15) is 4.79 Å². The molecule has 0 unspecified atom stereocenters. The Labute approximate surface area is 120 Å². The molecule has 106 valence electrons. The molecule has 0 radical (unpaired) electrons. The van der Waals surface area contributed by atoms with Gasteiger partial charge in [0.05, 0.1) is 6.42 Å². The van der Waals surface area contributed by atoms with E-state index in [1.54, 1.807) is 19.0 Å². The number of carbonyl (C=O) groups is 1. The summed E-state index contributed by atoms with van der Waals surface area (Å²) in [7, 11) is 3.57. The first-order chi connectivity index (χ1) is 9.13. The van der Waals surface area contributed by atoms with Crippen molar-refractivity contribution >= 4 is 23.4 Å². The molecule has 1 aromatic rings. The molecule has 1 rings (SSSR count). The normalized spacial score (nSPS) is 10.3. The number of likely N-dealkylation sites (N-methyl/N-ethyl adjacent to an activating group) is 1. The zero-order valence-electron chi connectivity index (χ0n) is 12.1. The maximum absolute atomic E-state index is 11.6. The molecule has 0 atom stereocenters. The van der Waals surface area contributed by atoms with Crippen LogP contribution in [0.4, 0.5) is 5.69 Å². The molecular formula is C15H24N2OS. The van der Waals surface area contributed by atoms with Crippen molar-refractivity contribution in [2.24, 2.45) is 0 Å². The molecule has 0 aliphatic carbocycles. The van der Waals surface area contributed by atoms with E-state index >= 15 is 0 Å². The van der Waals surface area contributed by atoms with Crippen molar-refractivity contribution in [1.82, 2.24) is 4.90 Å². The molecule has 1 aromatic carbocycles. The van der Waals surface area contributed by atoms with E-state index in [1.807, 2.05) is 36.0 Å². The van der Waals surface area contributed by atoms with Crippen molar-refractivity contribution in [3.63, 3.8) is 0 Å². The Kier molecular flexibility index (Phi) is 7.41. The highest BCUT2D eigenvalue weighted by atomic mass is 32.2. The van der Waals surface area contributed by atoms with Gasteiger partial charge in [-0.25, -0.2) is 0 Å². The van der Waals surface area contributed by atoms with E-state index < -0.39 is 0 Å². The standard InChI is InChI=1S/C15H24N2OS/c1-17(2)15(18)12-13-6-8-14(9-7-13)16-10-4-5-11-19-3/h6-9,16H,4-5,10-12H2,1-3H3. The third-order valence-corrected chi connectivity index (χ3v) is 3.61. The summed E-state index contributed by atoms with van der Waals surface area (Å²) >= 11 is 1.89. The van der Waals surface area contributed by atoms with Crippen LogP contribution in [0.1, 0.15) is 18.4 Å². The average Bonchev–Trinajstić information content (AvgIpc) is 2.40. The van der Waals surface area contributed by atoms with Gasteiger partial charge in [-0.05, 0) is 42.5 Å². The molecule has 0 bridgehead atoms. The number of hydrogen-bond acceptors (Lipinski definition) is 3. The SMILES string of the molecule is CSCCCCNc1ccc(CC(=O)N(C)C)cc1. The highest BCUT2D eigenvalue weighted by molar-refractivity contribution is 7.98. The number of amides is 1. The fourth-order valence-corrected chi connectivity index (χ4v) is 2.17. The number of rotatable bonds is 8. The predicted molar refractivity (Wildman–Crippen MR) is 84.9 cm³/mol. The average molecular weight is 280 g/mol. The lowest BCUT2D eigenvalue weighted by Crippen LogP contribution is -2.23. The number of unbranched alkanes of at least 4 members (excludes halogenated alkanes) is 1. The van der Waals surface area contributed by atoms with Gasteiger partial charge in [-0.2, -0.15) is 11.8 Å². The number of nitrogens with zero attached hydrogens (tertiary/aromatic N) is 1. The van der Waals surface area contributed by atoms with E-state index in [0.717, 1.165) is 17.8 Å². The van der Waals surface area contributed by atoms with E-state index in [2.05, 4.69) is 11.6 Å². The van der Waals surface area contributed by atoms with Gasteiger partial charge in [-0.3, -0.25) is 4.79 Å². The summed E-state index contributed by atoms with van der Waals surface area (Å²) in [5, 5.41) is 3.40. The lowest BCUT2D eigenvalue weighted by atomic mass is 10.1. The number of anilines is 1. The number of benzene rings is 1. The van der Waals surface area contributed by atoms with Crippen molar-refractivity contribution in [2.75, 3.05) is 38.0 Å². The molecule has 1 N–H and O–H groups in total. The molecule has 0 spiro atoms. The first kappa shape index (κ1) is 15.9. The Bertz CT molecular complexity index is 376. The zero-order chi connectivity index (χ0) is 14.1. The minimum Gasteiger partial charge on any atom is -0.385 e. The second-order valence-corrected chi connectivity index (χ2v) is 5.77. The second kappa shape index (κ2) is 8.86. The Morgan fingerprint density at radius 2 is 1.89 bits per heavy atom. The van der Waals surface area contributed by atoms with E-state index in [0.29, 0.717) is 6.42 Å². The van der Waals surface area contributed by atoms with Gasteiger partial charge >= 0.3 is 0 Å². The van der Waals surface area contributed by atoms with Gasteiger partial charge in [-0.15, -0.1) is 0 Å². The van der Waals surface area contributed by atoms with E-state index in [4.69, 9.17) is 0 Å². The number of hydrogen-bond donors (Lipinski definition) is 1. The molecule has 0 saturated heterocycles. The van der Waals surface area contributed by atoms with Crippen molar-refractivity contribution in [3.05, 3.63) is 29.8 Å². The van der Waals surface area contributed by atoms with Gasteiger partial charge in [0, 0.05) is 26.3 Å². The van der Waals surface area contributed by atoms with Crippen molar-refractivity contribution in [3.8, 4) is 0 Å². The summed E-state index contributed by atoms with van der Waals surface area (Å²) in [4.78, 5) is 13.2. The molecule has 1 amide bonds. The molecule has 0 heterocycles. The molecule has 0 saturated carbocycles. The molecule has 3 nitrogen and oxygen atoms in total. The van der Waals surface area contributed by atoms with Crippen LogP contribution in [0.15, 0.2) is 24.3 Å². The van der Waals surface area contributed by atoms with Crippen LogP contribution in [0.5, 0.6) is 0 Å². The van der Waals surface area contributed by atoms with Crippen LogP contribution in [-0.2, 0) is 11.2 Å². The number of nitrogens with one attached hydrogen (secondary N) is 1. The maximum Gasteiger partial charge on any atom is 0.226 e. The van der Waals surface area contributed by atoms with Gasteiger partial charge in [0.25, 0.3) is 0 Å². The lowest BCUT2D eigenvalue weighted by molar-refractivity contribution is -0.127. The number of thioether (sulfide) groups is 1. The fourth-order valence-electron chi connectivity index (χ4n) is 1.68. The fraction of sp³-hybridized carbons (Fsp3) is 0.533. The van der Waals surface area contributed by atoms with Crippen LogP contribution < -0.4 is 5.32 Å². The summed E-state index contributed by atoms with van der Waals surface area (Å²) in [6, 6.07) is 8.14. The monoisotopic (exact) mass is 280 g/mol. The maximum atomic E-state index is 11.6. The third kappa shape index (κ3) is 6.53. The van der Waals surface area contributed by atoms with Crippen molar-refractivity contribution < 1.29 is 4.79 Å². The van der Waals surface area contributed by atoms with Crippen LogP contribution in [0.3, 0.4) is 0 Å². The molecule has 4 heteroatoms. The molecule has 0 aliphatic rings. The molecule has 19 heavy (non-hydrogen) atoms. The van der Waals surface area contributed by atoms with Gasteiger partial charge < -0.3 is 10.2 Å². The summed E-state index contributed by atoms with van der Waals surface area (Å²) in [5.74, 6) is 1.37. The third-order valence-electron chi connectivity index (χ3n) is 2.91. The van der Waals surface area contributed by atoms with Gasteiger partial charge in [0.15, 0.2) is 0 Å². The lowest BCUT2D eigenvalue weighted by Gasteiger charge is -2.11. The Hall–Kier alpha value is -1.16. The first-order valence-corrected chi connectivity index (χ1v) is 8.04. The minimum absolute atomic E-state index is 0.137. The highest BCUT2D eigenvalue weighted by Crippen LogP contribution is 2.11. The summed E-state index contributed by atoms with van der Waals surface area (Å²) < 4.78 is 0. The smallest absolute Gasteiger partial charge is 0.226 e. The quantitative estimate of drug-likeness (QED) is 0.743. The van der Waals surface area contributed by atoms with Crippen LogP contribution in [0.25, 0.3) is 0 Å². The molecule has 0 aromatic heterocycles. The zero-order valence-corrected chi connectivity index (χ0v) is 12.9. The second-order valence-electron chi connectivity index (χ2n) is 4.79. The Morgan fingerprint density at radius 3 is 2.47 bits per heavy atom. The molecular weight excluding hydrogens is 256 g/mol. The summed E-state index contributed by atoms with van der Waals surface area (Å²) in [5.41, 5.74) is 2.19. The van der Waals surface area contributed by atoms with E-state index in [-0.39, 0.29) is 5.91 Å². The predicted octanol–water partition coefficient (Wildman–Crippen LogP) is 2.87. The van der Waals surface area contributed by atoms with Crippen LogP contribution >= 0.6 is 11.8 Å². The summed E-state index contributed by atoms with van der Waals surface area (Å²) in [6.45, 7) is 1.01. The van der Waals surface area contributed by atoms with Gasteiger partial charge in [-0.1, -0.05) is 12.1 Å². The Morgan fingerprint density at radius 1 is 1.21 bits per heavy atom. The van der Waals surface area contributed by atoms with E-state index in [1.165, 1.54) is 18.6 Å². The highest BCUT2D eigenvalue weighted by Gasteiger charge is 2.04. The first-order valence-electron chi connectivity index (χ1n) is 6.65. The van der Waals surface area contributed by atoms with Gasteiger partial charge in [0.1, 0.15) is 0 Å². The largest absolute Gasteiger partial charge is 0.385 e. The van der Waals surface area contributed by atoms with Gasteiger partial charge in [0.2, 0.25) is 5.91 Å². The summed E-state index contributed by atoms with van der Waals surface area (Å²) in [6.07, 6.45) is 5.06. The molecule has 0 aliphatic heterocycles.